The van der Waals surface area contributed by atoms with Gasteiger partial charge in [0.15, 0.2) is 0 Å². The van der Waals surface area contributed by atoms with E-state index in [1.807, 2.05) is 43.3 Å². The average Bonchev–Trinajstić information content (AvgIpc) is 2.48. The normalized spacial score (nSPS) is 13.8. The fourth-order valence-electron chi connectivity index (χ4n) is 2.05. The van der Waals surface area contributed by atoms with Crippen LogP contribution in [-0.4, -0.2) is 18.1 Å². The molecule has 4 nitrogen and oxygen atoms in total. The van der Waals surface area contributed by atoms with E-state index in [0.717, 1.165) is 16.9 Å². The zero-order valence-electron chi connectivity index (χ0n) is 11.8. The van der Waals surface area contributed by atoms with Crippen molar-refractivity contribution in [3.8, 4) is 5.75 Å². The topological polar surface area (TPSA) is 57.4 Å². The Morgan fingerprint density at radius 1 is 1.20 bits per heavy atom. The molecule has 4 heteroatoms. The molecule has 106 valence electrons. The molecule has 0 bridgehead atoms. The number of methoxy groups -OCH3 is 1. The van der Waals surface area contributed by atoms with Crippen LogP contribution in [0, 0.1) is 0 Å². The summed E-state index contributed by atoms with van der Waals surface area (Å²) in [6.45, 7) is 2.43. The second-order valence-electron chi connectivity index (χ2n) is 4.72. The smallest absolute Gasteiger partial charge is 0.119 e. The molecule has 0 aliphatic carbocycles. The zero-order chi connectivity index (χ0) is 14.4. The number of ether oxygens (including phenoxy) is 2. The van der Waals surface area contributed by atoms with Crippen LogP contribution in [0.5, 0.6) is 5.75 Å². The molecule has 2 rings (SSSR count). The third-order valence-corrected chi connectivity index (χ3v) is 3.08. The van der Waals surface area contributed by atoms with Gasteiger partial charge < -0.3 is 15.2 Å². The van der Waals surface area contributed by atoms with Crippen LogP contribution in [0.2, 0.25) is 0 Å². The Hall–Kier alpha value is -1.91. The predicted molar refractivity (Wildman–Crippen MR) is 78.4 cm³/mol. The first kappa shape index (κ1) is 14.5. The molecule has 1 heterocycles. The highest BCUT2D eigenvalue weighted by atomic mass is 16.5. The lowest BCUT2D eigenvalue weighted by atomic mass is 10.1. The zero-order valence-corrected chi connectivity index (χ0v) is 11.8. The van der Waals surface area contributed by atoms with Gasteiger partial charge in [-0.15, -0.1) is 0 Å². The molecule has 2 unspecified atom stereocenters. The molecule has 0 fully saturated rings. The standard InChI is InChI=1S/C16H20N2O2/c1-12(17)16(14-6-8-18-9-7-14)20-11-13-4-3-5-15(10-13)19-2/h3-10,12,16H,11,17H2,1-2H3. The van der Waals surface area contributed by atoms with Crippen molar-refractivity contribution < 1.29 is 9.47 Å². The van der Waals surface area contributed by atoms with E-state index in [9.17, 15) is 0 Å². The summed E-state index contributed by atoms with van der Waals surface area (Å²) < 4.78 is 11.2. The van der Waals surface area contributed by atoms with Crippen molar-refractivity contribution in [2.45, 2.75) is 25.7 Å². The first-order chi connectivity index (χ1) is 9.70. The minimum Gasteiger partial charge on any atom is -0.497 e. The first-order valence-electron chi connectivity index (χ1n) is 6.60. The second kappa shape index (κ2) is 7.03. The third kappa shape index (κ3) is 3.79. The molecule has 1 aromatic carbocycles. The van der Waals surface area contributed by atoms with Crippen LogP contribution in [0.3, 0.4) is 0 Å². The summed E-state index contributed by atoms with van der Waals surface area (Å²) >= 11 is 0. The Balaban J connectivity index is 2.06. The molecule has 1 aromatic heterocycles. The molecule has 2 N–H and O–H groups in total. The summed E-state index contributed by atoms with van der Waals surface area (Å²) in [4.78, 5) is 4.02. The molecule has 0 spiro atoms. The fraction of sp³-hybridized carbons (Fsp3) is 0.312. The van der Waals surface area contributed by atoms with Gasteiger partial charge in [-0.3, -0.25) is 4.98 Å². The minimum absolute atomic E-state index is 0.0944. The van der Waals surface area contributed by atoms with Gasteiger partial charge >= 0.3 is 0 Å². The number of nitrogens with two attached hydrogens (primary N) is 1. The van der Waals surface area contributed by atoms with Gasteiger partial charge in [-0.25, -0.2) is 0 Å². The van der Waals surface area contributed by atoms with Gasteiger partial charge in [-0.2, -0.15) is 0 Å². The molecular formula is C16H20N2O2. The van der Waals surface area contributed by atoms with Gasteiger partial charge in [0.05, 0.1) is 19.8 Å². The van der Waals surface area contributed by atoms with E-state index in [-0.39, 0.29) is 12.1 Å². The van der Waals surface area contributed by atoms with Crippen LogP contribution in [0.4, 0.5) is 0 Å². The van der Waals surface area contributed by atoms with Crippen LogP contribution in [0.1, 0.15) is 24.2 Å². The van der Waals surface area contributed by atoms with Crippen LogP contribution in [0.15, 0.2) is 48.8 Å². The highest BCUT2D eigenvalue weighted by molar-refractivity contribution is 5.28. The fourth-order valence-corrected chi connectivity index (χ4v) is 2.05. The maximum absolute atomic E-state index is 6.02. The van der Waals surface area contributed by atoms with Gasteiger partial charge in [0.1, 0.15) is 5.75 Å². The van der Waals surface area contributed by atoms with Crippen molar-refractivity contribution in [1.29, 1.82) is 0 Å². The van der Waals surface area contributed by atoms with Gasteiger partial charge in [0, 0.05) is 18.4 Å². The Kier molecular flexibility index (Phi) is 5.09. The SMILES string of the molecule is COc1cccc(COC(c2ccncc2)C(C)N)c1. The van der Waals surface area contributed by atoms with E-state index >= 15 is 0 Å². The summed E-state index contributed by atoms with van der Waals surface area (Å²) in [5.41, 5.74) is 8.12. The molecular weight excluding hydrogens is 252 g/mol. The maximum atomic E-state index is 6.02. The Labute approximate surface area is 119 Å². The summed E-state index contributed by atoms with van der Waals surface area (Å²) in [5.74, 6) is 0.826. The van der Waals surface area contributed by atoms with Crippen molar-refractivity contribution in [3.05, 3.63) is 59.9 Å². The van der Waals surface area contributed by atoms with Crippen LogP contribution in [0.25, 0.3) is 0 Å². The molecule has 20 heavy (non-hydrogen) atoms. The molecule has 0 aliphatic rings. The molecule has 2 aromatic rings. The van der Waals surface area contributed by atoms with E-state index in [2.05, 4.69) is 4.98 Å². The van der Waals surface area contributed by atoms with E-state index < -0.39 is 0 Å². The number of benzene rings is 1. The van der Waals surface area contributed by atoms with Crippen LogP contribution in [-0.2, 0) is 11.3 Å². The number of rotatable bonds is 6. The lowest BCUT2D eigenvalue weighted by Crippen LogP contribution is -2.27. The highest BCUT2D eigenvalue weighted by Crippen LogP contribution is 2.22. The van der Waals surface area contributed by atoms with Gasteiger partial charge in [0.2, 0.25) is 0 Å². The number of pyridine rings is 1. The van der Waals surface area contributed by atoms with Crippen molar-refractivity contribution in [2.24, 2.45) is 5.73 Å². The first-order valence-corrected chi connectivity index (χ1v) is 6.60. The van der Waals surface area contributed by atoms with Gasteiger partial charge in [-0.1, -0.05) is 12.1 Å². The van der Waals surface area contributed by atoms with E-state index in [1.165, 1.54) is 0 Å². The Morgan fingerprint density at radius 3 is 2.60 bits per heavy atom. The number of hydrogen-bond donors (Lipinski definition) is 1. The minimum atomic E-state index is -0.149. The Morgan fingerprint density at radius 2 is 1.95 bits per heavy atom. The Bertz CT molecular complexity index is 529. The lowest BCUT2D eigenvalue weighted by Gasteiger charge is -2.22. The number of hydrogen-bond acceptors (Lipinski definition) is 4. The molecule has 0 radical (unpaired) electrons. The lowest BCUT2D eigenvalue weighted by molar-refractivity contribution is 0.0258. The summed E-state index contributed by atoms with van der Waals surface area (Å²) in [7, 11) is 1.65. The van der Waals surface area contributed by atoms with Crippen molar-refractivity contribution in [3.63, 3.8) is 0 Å². The van der Waals surface area contributed by atoms with E-state index in [4.69, 9.17) is 15.2 Å². The van der Waals surface area contributed by atoms with Gasteiger partial charge in [-0.05, 0) is 42.3 Å². The summed E-state index contributed by atoms with van der Waals surface area (Å²) in [6.07, 6.45) is 3.35. The summed E-state index contributed by atoms with van der Waals surface area (Å²) in [5, 5.41) is 0. The van der Waals surface area contributed by atoms with Crippen molar-refractivity contribution >= 4 is 0 Å². The van der Waals surface area contributed by atoms with Gasteiger partial charge in [0.25, 0.3) is 0 Å². The van der Waals surface area contributed by atoms with E-state index in [0.29, 0.717) is 6.61 Å². The van der Waals surface area contributed by atoms with Crippen LogP contribution >= 0.6 is 0 Å². The van der Waals surface area contributed by atoms with Crippen LogP contribution < -0.4 is 10.5 Å². The number of nitrogens with zero attached hydrogens (tertiary/aromatic N) is 1. The second-order valence-corrected chi connectivity index (χ2v) is 4.72. The monoisotopic (exact) mass is 272 g/mol. The molecule has 0 aliphatic heterocycles. The molecule has 0 saturated heterocycles. The average molecular weight is 272 g/mol. The highest BCUT2D eigenvalue weighted by Gasteiger charge is 2.16. The van der Waals surface area contributed by atoms with Crippen molar-refractivity contribution in [1.82, 2.24) is 4.98 Å². The predicted octanol–water partition coefficient (Wildman–Crippen LogP) is 2.70. The molecule has 0 saturated carbocycles. The third-order valence-electron chi connectivity index (χ3n) is 3.08. The largest absolute Gasteiger partial charge is 0.497 e. The summed E-state index contributed by atoms with van der Waals surface area (Å²) in [6, 6.07) is 11.6. The van der Waals surface area contributed by atoms with Crippen molar-refractivity contribution in [2.75, 3.05) is 7.11 Å². The number of aromatic nitrogens is 1. The molecule has 2 atom stereocenters. The quantitative estimate of drug-likeness (QED) is 0.878. The maximum Gasteiger partial charge on any atom is 0.119 e. The molecule has 0 amide bonds. The van der Waals surface area contributed by atoms with E-state index in [1.54, 1.807) is 19.5 Å².